The van der Waals surface area contributed by atoms with E-state index in [0.717, 1.165) is 71.1 Å². The van der Waals surface area contributed by atoms with Gasteiger partial charge in [-0.05, 0) is 63.0 Å². The number of nitrogens with one attached hydrogen (secondary N) is 1. The number of carbonyl (C=O) groups is 2. The second-order valence-electron chi connectivity index (χ2n) is 9.09. The van der Waals surface area contributed by atoms with Gasteiger partial charge in [0.05, 0.1) is 0 Å². The molecule has 3 aliphatic rings. The molecule has 0 aromatic heterocycles. The highest BCUT2D eigenvalue weighted by Gasteiger charge is 2.31. The Hall–Kier alpha value is -2.30. The van der Waals surface area contributed by atoms with Crippen LogP contribution in [0.2, 0.25) is 0 Å². The van der Waals surface area contributed by atoms with Gasteiger partial charge in [0.2, 0.25) is 11.8 Å². The number of carbonyl (C=O) groups excluding carboxylic acids is 2. The summed E-state index contributed by atoms with van der Waals surface area (Å²) >= 11 is 0. The first-order chi connectivity index (χ1) is 14.7. The molecule has 162 valence electrons. The molecule has 4 rings (SSSR count). The van der Waals surface area contributed by atoms with E-state index in [4.69, 9.17) is 0 Å². The zero-order valence-electron chi connectivity index (χ0n) is 18.0. The van der Waals surface area contributed by atoms with Crippen molar-refractivity contribution >= 4 is 17.5 Å². The molecule has 2 fully saturated rings. The zero-order chi connectivity index (χ0) is 20.8. The Labute approximate surface area is 180 Å². The van der Waals surface area contributed by atoms with Crippen LogP contribution in [0.4, 0.5) is 5.69 Å². The Bertz CT molecular complexity index is 740. The van der Waals surface area contributed by atoms with Crippen LogP contribution in [0.25, 0.3) is 0 Å². The van der Waals surface area contributed by atoms with Gasteiger partial charge in [-0.1, -0.05) is 30.4 Å². The highest BCUT2D eigenvalue weighted by molar-refractivity contribution is 5.79. The van der Waals surface area contributed by atoms with E-state index in [9.17, 15) is 9.59 Å². The van der Waals surface area contributed by atoms with Crippen LogP contribution in [0.15, 0.2) is 42.5 Å². The van der Waals surface area contributed by atoms with Crippen molar-refractivity contribution in [1.82, 2.24) is 10.2 Å². The minimum atomic E-state index is 0.124. The third-order valence-corrected chi connectivity index (χ3v) is 6.93. The van der Waals surface area contributed by atoms with E-state index in [2.05, 4.69) is 51.5 Å². The number of para-hydroxylation sites is 1. The van der Waals surface area contributed by atoms with Gasteiger partial charge in [-0.15, -0.1) is 0 Å². The first-order valence-corrected chi connectivity index (χ1v) is 11.7. The van der Waals surface area contributed by atoms with Crippen LogP contribution in [0.3, 0.4) is 0 Å². The molecule has 5 nitrogen and oxygen atoms in total. The number of hydrogen-bond donors (Lipinski definition) is 1. The maximum Gasteiger partial charge on any atom is 0.225 e. The van der Waals surface area contributed by atoms with E-state index in [1.807, 2.05) is 6.07 Å². The summed E-state index contributed by atoms with van der Waals surface area (Å²) in [4.78, 5) is 29.9. The predicted octanol–water partition coefficient (Wildman–Crippen LogP) is 3.76. The number of benzene rings is 1. The van der Waals surface area contributed by atoms with Gasteiger partial charge >= 0.3 is 0 Å². The second-order valence-corrected chi connectivity index (χ2v) is 9.09. The first-order valence-electron chi connectivity index (χ1n) is 11.7. The van der Waals surface area contributed by atoms with Gasteiger partial charge in [-0.2, -0.15) is 0 Å². The van der Waals surface area contributed by atoms with E-state index in [-0.39, 0.29) is 17.9 Å². The highest BCUT2D eigenvalue weighted by atomic mass is 16.2. The Morgan fingerprint density at radius 3 is 2.47 bits per heavy atom. The topological polar surface area (TPSA) is 52.7 Å². The Morgan fingerprint density at radius 2 is 1.73 bits per heavy atom. The van der Waals surface area contributed by atoms with Crippen LogP contribution in [-0.2, 0) is 9.59 Å². The van der Waals surface area contributed by atoms with Crippen molar-refractivity contribution < 1.29 is 9.59 Å². The van der Waals surface area contributed by atoms with Crippen LogP contribution in [0.5, 0.6) is 0 Å². The zero-order valence-corrected chi connectivity index (χ0v) is 18.0. The third-order valence-electron chi connectivity index (χ3n) is 6.93. The predicted molar refractivity (Wildman–Crippen MR) is 120 cm³/mol. The first kappa shape index (κ1) is 21.0. The molecule has 2 aliphatic carbocycles. The lowest BCUT2D eigenvalue weighted by Gasteiger charge is -2.32. The van der Waals surface area contributed by atoms with Crippen LogP contribution < -0.4 is 10.2 Å². The van der Waals surface area contributed by atoms with Gasteiger partial charge in [0, 0.05) is 50.2 Å². The molecule has 30 heavy (non-hydrogen) atoms. The fourth-order valence-electron chi connectivity index (χ4n) is 5.17. The number of rotatable bonds is 5. The van der Waals surface area contributed by atoms with Gasteiger partial charge in [0.15, 0.2) is 0 Å². The van der Waals surface area contributed by atoms with Gasteiger partial charge in [0.25, 0.3) is 0 Å². The SMILES string of the molecule is O=C(CC1C=CCC1)NC1CCC(C(=O)N2CCCN(c3ccccc3)CC2)CC1. The molecule has 0 bridgehead atoms. The molecule has 0 spiro atoms. The summed E-state index contributed by atoms with van der Waals surface area (Å²) in [5, 5.41) is 3.21. The molecule has 2 amide bonds. The summed E-state index contributed by atoms with van der Waals surface area (Å²) in [6, 6.07) is 10.7. The second kappa shape index (κ2) is 10.1. The highest BCUT2D eigenvalue weighted by Crippen LogP contribution is 2.27. The molecule has 1 aromatic carbocycles. The van der Waals surface area contributed by atoms with Crippen LogP contribution >= 0.6 is 0 Å². The van der Waals surface area contributed by atoms with Crippen LogP contribution in [-0.4, -0.2) is 48.9 Å². The summed E-state index contributed by atoms with van der Waals surface area (Å²) in [5.41, 5.74) is 1.25. The number of anilines is 1. The fourth-order valence-corrected chi connectivity index (χ4v) is 5.17. The van der Waals surface area contributed by atoms with Crippen LogP contribution in [0, 0.1) is 11.8 Å². The monoisotopic (exact) mass is 409 g/mol. The Morgan fingerprint density at radius 1 is 0.933 bits per heavy atom. The summed E-state index contributed by atoms with van der Waals surface area (Å²) in [6.45, 7) is 3.56. The molecule has 1 heterocycles. The molecular formula is C25H35N3O2. The van der Waals surface area contributed by atoms with Gasteiger partial charge in [-0.25, -0.2) is 0 Å². The average Bonchev–Trinajstić information content (AvgIpc) is 3.15. The molecule has 1 aromatic rings. The Kier molecular flexibility index (Phi) is 7.08. The van der Waals surface area contributed by atoms with Crippen LogP contribution in [0.1, 0.15) is 51.4 Å². The number of amides is 2. The summed E-state index contributed by atoms with van der Waals surface area (Å²) < 4.78 is 0. The fraction of sp³-hybridized carbons (Fsp3) is 0.600. The smallest absolute Gasteiger partial charge is 0.225 e. The lowest BCUT2D eigenvalue weighted by atomic mass is 9.85. The van der Waals surface area contributed by atoms with E-state index >= 15 is 0 Å². The minimum absolute atomic E-state index is 0.124. The Balaban J connectivity index is 1.21. The summed E-state index contributed by atoms with van der Waals surface area (Å²) in [6.07, 6.45) is 11.8. The summed E-state index contributed by atoms with van der Waals surface area (Å²) in [5.74, 6) is 1.04. The normalized spacial score (nSPS) is 27.0. The van der Waals surface area contributed by atoms with E-state index < -0.39 is 0 Å². The molecule has 1 N–H and O–H groups in total. The molecule has 1 saturated carbocycles. The summed E-state index contributed by atoms with van der Waals surface area (Å²) in [7, 11) is 0. The lowest BCUT2D eigenvalue weighted by molar-refractivity contribution is -0.136. The van der Waals surface area contributed by atoms with Crippen molar-refractivity contribution in [3.05, 3.63) is 42.5 Å². The van der Waals surface area contributed by atoms with Crippen molar-refractivity contribution in [1.29, 1.82) is 0 Å². The van der Waals surface area contributed by atoms with E-state index in [0.29, 0.717) is 18.2 Å². The largest absolute Gasteiger partial charge is 0.370 e. The van der Waals surface area contributed by atoms with Gasteiger partial charge in [0.1, 0.15) is 0 Å². The van der Waals surface area contributed by atoms with Gasteiger partial charge in [-0.3, -0.25) is 9.59 Å². The standard InChI is InChI=1S/C25H35N3O2/c29-24(19-20-7-4-5-8-20)26-22-13-11-21(12-14-22)25(30)28-16-6-15-27(17-18-28)23-9-2-1-3-10-23/h1-4,7,9-10,20-22H,5-6,8,11-19H2,(H,26,29). The van der Waals surface area contributed by atoms with Crippen molar-refractivity contribution in [3.63, 3.8) is 0 Å². The van der Waals surface area contributed by atoms with Crippen molar-refractivity contribution in [2.75, 3.05) is 31.1 Å². The van der Waals surface area contributed by atoms with Crippen molar-refractivity contribution in [3.8, 4) is 0 Å². The molecule has 1 atom stereocenters. The molecule has 1 aliphatic heterocycles. The quantitative estimate of drug-likeness (QED) is 0.754. The third kappa shape index (κ3) is 5.44. The number of hydrogen-bond acceptors (Lipinski definition) is 3. The van der Waals surface area contributed by atoms with Crippen molar-refractivity contribution in [2.45, 2.75) is 57.4 Å². The van der Waals surface area contributed by atoms with Crippen molar-refractivity contribution in [2.24, 2.45) is 11.8 Å². The molecule has 0 radical (unpaired) electrons. The average molecular weight is 410 g/mol. The maximum atomic E-state index is 13.1. The number of nitrogens with zero attached hydrogens (tertiary/aromatic N) is 2. The molecule has 5 heteroatoms. The van der Waals surface area contributed by atoms with Gasteiger partial charge < -0.3 is 15.1 Å². The maximum absolute atomic E-state index is 13.1. The molecule has 1 unspecified atom stereocenters. The lowest BCUT2D eigenvalue weighted by Crippen LogP contribution is -2.43. The molecular weight excluding hydrogens is 374 g/mol. The minimum Gasteiger partial charge on any atom is -0.370 e. The number of allylic oxidation sites excluding steroid dienone is 2. The van der Waals surface area contributed by atoms with E-state index in [1.54, 1.807) is 0 Å². The molecule has 1 saturated heterocycles. The van der Waals surface area contributed by atoms with E-state index in [1.165, 1.54) is 5.69 Å².